The number of hydrogen-bond donors (Lipinski definition) is 1. The maximum Gasteiger partial charge on any atom is 0.529 e. The van der Waals surface area contributed by atoms with E-state index in [9.17, 15) is 9.36 Å². The molecule has 6 heteroatoms. The lowest BCUT2D eigenvalue weighted by molar-refractivity contribution is -0.136. The molecule has 5 nitrogen and oxygen atoms in total. The normalized spacial score (nSPS) is 14.8. The third kappa shape index (κ3) is 7.06. The largest absolute Gasteiger partial charge is 0.529 e. The van der Waals surface area contributed by atoms with E-state index in [0.717, 1.165) is 12.8 Å². The molecule has 14 heavy (non-hydrogen) atoms. The van der Waals surface area contributed by atoms with Crippen molar-refractivity contribution in [2.45, 2.75) is 39.5 Å². The van der Waals surface area contributed by atoms with Crippen LogP contribution in [0.4, 0.5) is 0 Å². The molecular formula is C8H17O5P. The van der Waals surface area contributed by atoms with Gasteiger partial charge in [-0.1, -0.05) is 19.8 Å². The first-order chi connectivity index (χ1) is 6.52. The molecule has 0 bridgehead atoms. The van der Waals surface area contributed by atoms with E-state index in [-0.39, 0.29) is 13.0 Å². The fourth-order valence-electron chi connectivity index (χ4n) is 0.883. The van der Waals surface area contributed by atoms with E-state index in [1.807, 2.05) is 6.92 Å². The molecular weight excluding hydrogens is 207 g/mol. The topological polar surface area (TPSA) is 72.8 Å². The zero-order valence-corrected chi connectivity index (χ0v) is 9.46. The Kier molecular flexibility index (Phi) is 6.79. The summed E-state index contributed by atoms with van der Waals surface area (Å²) in [5, 5.41) is 0. The minimum absolute atomic E-state index is 0.0377. The molecule has 0 saturated carbocycles. The first kappa shape index (κ1) is 13.6. The van der Waals surface area contributed by atoms with Gasteiger partial charge in [0.15, 0.2) is 0 Å². The van der Waals surface area contributed by atoms with Crippen molar-refractivity contribution in [3.63, 3.8) is 0 Å². The minimum Gasteiger partial charge on any atom is -0.371 e. The Bertz CT molecular complexity index is 216. The van der Waals surface area contributed by atoms with Gasteiger partial charge in [0.05, 0.1) is 6.61 Å². The summed E-state index contributed by atoms with van der Waals surface area (Å²) in [5.74, 6) is -0.683. The highest BCUT2D eigenvalue weighted by molar-refractivity contribution is 7.48. The summed E-state index contributed by atoms with van der Waals surface area (Å²) >= 11 is 0. The number of phosphoric acid groups is 1. The number of hydrogen-bond acceptors (Lipinski definition) is 4. The van der Waals surface area contributed by atoms with Crippen LogP contribution >= 0.6 is 7.82 Å². The third-order valence-corrected chi connectivity index (χ3v) is 2.51. The highest BCUT2D eigenvalue weighted by Crippen LogP contribution is 2.43. The van der Waals surface area contributed by atoms with Gasteiger partial charge < -0.3 is 4.52 Å². The summed E-state index contributed by atoms with van der Waals surface area (Å²) in [6, 6.07) is 0. The third-order valence-electron chi connectivity index (χ3n) is 1.49. The molecule has 0 aliphatic heterocycles. The predicted molar refractivity (Wildman–Crippen MR) is 51.7 cm³/mol. The van der Waals surface area contributed by atoms with Gasteiger partial charge >= 0.3 is 13.8 Å². The summed E-state index contributed by atoms with van der Waals surface area (Å²) < 4.78 is 19.6. The van der Waals surface area contributed by atoms with Crippen LogP contribution in [0.1, 0.15) is 39.5 Å². The monoisotopic (exact) mass is 224 g/mol. The Labute approximate surface area is 84.0 Å². The van der Waals surface area contributed by atoms with Crippen LogP contribution in [0, 0.1) is 0 Å². The Morgan fingerprint density at radius 1 is 1.36 bits per heavy atom. The van der Waals surface area contributed by atoms with Gasteiger partial charge in [-0.15, -0.1) is 0 Å². The van der Waals surface area contributed by atoms with E-state index in [4.69, 9.17) is 4.89 Å². The van der Waals surface area contributed by atoms with Gasteiger partial charge in [0, 0.05) is 6.42 Å². The maximum atomic E-state index is 11.0. The van der Waals surface area contributed by atoms with Gasteiger partial charge in [-0.3, -0.25) is 14.2 Å². The summed E-state index contributed by atoms with van der Waals surface area (Å²) in [5.41, 5.74) is 0. The first-order valence-electron chi connectivity index (χ1n) is 4.71. The highest BCUT2D eigenvalue weighted by Gasteiger charge is 2.24. The Hall–Kier alpha value is -0.380. The molecule has 0 aliphatic rings. The Morgan fingerprint density at radius 3 is 2.50 bits per heavy atom. The van der Waals surface area contributed by atoms with Crippen LogP contribution in [0.25, 0.3) is 0 Å². The average molecular weight is 224 g/mol. The van der Waals surface area contributed by atoms with E-state index in [1.54, 1.807) is 6.92 Å². The summed E-state index contributed by atoms with van der Waals surface area (Å²) in [4.78, 5) is 19.9. The Balaban J connectivity index is 3.75. The highest BCUT2D eigenvalue weighted by atomic mass is 31.2. The standard InChI is InChI=1S/C8H17O5P/c1-3-5-6-7-8(9)13-14(10,11)12-4-2/h3-7H2,1-2H3,(H,10,11). The van der Waals surface area contributed by atoms with E-state index in [1.165, 1.54) is 0 Å². The molecule has 1 unspecified atom stereocenters. The molecule has 0 aromatic heterocycles. The molecule has 1 atom stereocenters. The molecule has 0 heterocycles. The van der Waals surface area contributed by atoms with Gasteiger partial charge in [-0.25, -0.2) is 4.57 Å². The van der Waals surface area contributed by atoms with Crippen LogP contribution in [0.5, 0.6) is 0 Å². The lowest BCUT2D eigenvalue weighted by Crippen LogP contribution is -2.04. The van der Waals surface area contributed by atoms with Crippen molar-refractivity contribution < 1.29 is 23.3 Å². The van der Waals surface area contributed by atoms with Crippen LogP contribution in [0.15, 0.2) is 0 Å². The number of carbonyl (C=O) groups excluding carboxylic acids is 1. The fourth-order valence-corrected chi connectivity index (χ4v) is 1.61. The second kappa shape index (κ2) is 6.98. The number of unbranched alkanes of at least 4 members (excludes halogenated alkanes) is 2. The van der Waals surface area contributed by atoms with Crippen molar-refractivity contribution in [3.05, 3.63) is 0 Å². The van der Waals surface area contributed by atoms with Gasteiger partial charge in [0.2, 0.25) is 0 Å². The van der Waals surface area contributed by atoms with E-state index >= 15 is 0 Å². The van der Waals surface area contributed by atoms with Gasteiger partial charge in [-0.2, -0.15) is 0 Å². The lowest BCUT2D eigenvalue weighted by Gasteiger charge is -2.09. The van der Waals surface area contributed by atoms with Crippen molar-refractivity contribution in [3.8, 4) is 0 Å². The SMILES string of the molecule is CCCCCC(=O)OP(=O)(O)OCC. The molecule has 1 N–H and O–H groups in total. The van der Waals surface area contributed by atoms with E-state index < -0.39 is 13.8 Å². The second-order valence-electron chi connectivity index (χ2n) is 2.81. The van der Waals surface area contributed by atoms with Crippen LogP contribution in [-0.4, -0.2) is 17.5 Å². The van der Waals surface area contributed by atoms with Crippen molar-refractivity contribution >= 4 is 13.8 Å². The maximum absolute atomic E-state index is 11.0. The quantitative estimate of drug-likeness (QED) is 0.530. The van der Waals surface area contributed by atoms with Crippen molar-refractivity contribution in [1.82, 2.24) is 0 Å². The predicted octanol–water partition coefficient (Wildman–Crippen LogP) is 2.25. The van der Waals surface area contributed by atoms with E-state index in [0.29, 0.717) is 6.42 Å². The zero-order valence-electron chi connectivity index (χ0n) is 8.56. The molecule has 0 rings (SSSR count). The molecule has 84 valence electrons. The molecule has 0 fully saturated rings. The van der Waals surface area contributed by atoms with Crippen molar-refractivity contribution in [1.29, 1.82) is 0 Å². The summed E-state index contributed by atoms with van der Waals surface area (Å²) in [7, 11) is -4.15. The van der Waals surface area contributed by atoms with Gasteiger partial charge in [0.25, 0.3) is 0 Å². The van der Waals surface area contributed by atoms with Crippen molar-refractivity contribution in [2.24, 2.45) is 0 Å². The smallest absolute Gasteiger partial charge is 0.371 e. The van der Waals surface area contributed by atoms with Crippen molar-refractivity contribution in [2.75, 3.05) is 6.61 Å². The van der Waals surface area contributed by atoms with Crippen LogP contribution < -0.4 is 0 Å². The second-order valence-corrected chi connectivity index (χ2v) is 4.18. The van der Waals surface area contributed by atoms with Crippen LogP contribution in [-0.2, 0) is 18.4 Å². The molecule has 0 aliphatic carbocycles. The number of carbonyl (C=O) groups is 1. The van der Waals surface area contributed by atoms with Gasteiger partial charge in [0.1, 0.15) is 0 Å². The Morgan fingerprint density at radius 2 is 2.00 bits per heavy atom. The lowest BCUT2D eigenvalue weighted by atomic mass is 10.2. The number of phosphoric ester groups is 1. The van der Waals surface area contributed by atoms with Crippen LogP contribution in [0.2, 0.25) is 0 Å². The average Bonchev–Trinajstić information content (AvgIpc) is 2.03. The zero-order chi connectivity index (χ0) is 11.0. The summed E-state index contributed by atoms with van der Waals surface area (Å²) in [6.07, 6.45) is 2.71. The number of rotatable bonds is 7. The summed E-state index contributed by atoms with van der Waals surface area (Å²) in [6.45, 7) is 3.59. The molecule has 0 saturated heterocycles. The molecule has 0 amide bonds. The molecule has 0 aromatic carbocycles. The van der Waals surface area contributed by atoms with Gasteiger partial charge in [-0.05, 0) is 13.3 Å². The molecule has 0 spiro atoms. The van der Waals surface area contributed by atoms with E-state index in [2.05, 4.69) is 9.05 Å². The molecule has 0 aromatic rings. The molecule has 0 radical (unpaired) electrons. The fraction of sp³-hybridized carbons (Fsp3) is 0.875. The van der Waals surface area contributed by atoms with Crippen LogP contribution in [0.3, 0.4) is 0 Å². The minimum atomic E-state index is -4.15. The first-order valence-corrected chi connectivity index (χ1v) is 6.21.